The Morgan fingerprint density at radius 3 is 2.52 bits per heavy atom. The van der Waals surface area contributed by atoms with E-state index in [-0.39, 0.29) is 30.8 Å². The highest BCUT2D eigenvalue weighted by molar-refractivity contribution is 5.99. The van der Waals surface area contributed by atoms with E-state index in [0.717, 1.165) is 5.56 Å². The smallest absolute Gasteiger partial charge is 0.238 e. The molecule has 1 aromatic rings. The fourth-order valence-corrected chi connectivity index (χ4v) is 1.63. The summed E-state index contributed by atoms with van der Waals surface area (Å²) in [6.45, 7) is 4.70. The lowest BCUT2D eigenvalue weighted by atomic mass is 10.2. The fourth-order valence-electron chi connectivity index (χ4n) is 1.63. The van der Waals surface area contributed by atoms with Crippen LogP contribution in [0.3, 0.4) is 0 Å². The monoisotopic (exact) mass is 315 g/mol. The molecule has 3 N–H and O–H groups in total. The first-order chi connectivity index (χ1) is 9.52. The van der Waals surface area contributed by atoms with Gasteiger partial charge in [0, 0.05) is 20.6 Å². The Kier molecular flexibility index (Phi) is 9.36. The summed E-state index contributed by atoms with van der Waals surface area (Å²) in [5, 5.41) is 8.42. The highest BCUT2D eigenvalue weighted by atomic mass is 35.5. The lowest BCUT2D eigenvalue weighted by molar-refractivity contribution is -0.116. The first-order valence-corrected chi connectivity index (χ1v) is 6.40. The highest BCUT2D eigenvalue weighted by Gasteiger charge is 2.08. The number of anilines is 2. The summed E-state index contributed by atoms with van der Waals surface area (Å²) < 4.78 is 4.88. The molecule has 0 spiro atoms. The van der Waals surface area contributed by atoms with Gasteiger partial charge in [0.25, 0.3) is 0 Å². The van der Waals surface area contributed by atoms with Gasteiger partial charge in [0.2, 0.25) is 11.8 Å². The molecule has 0 bridgehead atoms. The van der Waals surface area contributed by atoms with Crippen LogP contribution in [0.2, 0.25) is 0 Å². The van der Waals surface area contributed by atoms with Crippen molar-refractivity contribution in [2.24, 2.45) is 0 Å². The van der Waals surface area contributed by atoms with Crippen LogP contribution < -0.4 is 16.0 Å². The Hall–Kier alpha value is -1.63. The number of hydrogen-bond acceptors (Lipinski definition) is 4. The minimum atomic E-state index is -0.178. The van der Waals surface area contributed by atoms with Crippen LogP contribution in [0.1, 0.15) is 12.5 Å². The molecule has 2 amide bonds. The number of carbonyl (C=O) groups excluding carboxylic acids is 2. The quantitative estimate of drug-likeness (QED) is 0.667. The van der Waals surface area contributed by atoms with Gasteiger partial charge in [0.05, 0.1) is 24.5 Å². The van der Waals surface area contributed by atoms with Gasteiger partial charge < -0.3 is 20.7 Å². The van der Waals surface area contributed by atoms with E-state index in [4.69, 9.17) is 4.74 Å². The number of benzene rings is 1. The molecule has 7 heteroatoms. The minimum Gasteiger partial charge on any atom is -0.383 e. The van der Waals surface area contributed by atoms with Crippen LogP contribution in [0, 0.1) is 6.92 Å². The van der Waals surface area contributed by atoms with Gasteiger partial charge in [-0.1, -0.05) is 6.07 Å². The lowest BCUT2D eigenvalue weighted by Crippen LogP contribution is -2.30. The van der Waals surface area contributed by atoms with E-state index in [1.807, 2.05) is 19.1 Å². The van der Waals surface area contributed by atoms with E-state index < -0.39 is 0 Å². The number of methoxy groups -OCH3 is 1. The largest absolute Gasteiger partial charge is 0.383 e. The van der Waals surface area contributed by atoms with Crippen molar-refractivity contribution in [3.8, 4) is 0 Å². The maximum absolute atomic E-state index is 11.8. The van der Waals surface area contributed by atoms with Crippen LogP contribution >= 0.6 is 12.4 Å². The molecule has 0 radical (unpaired) electrons. The van der Waals surface area contributed by atoms with Gasteiger partial charge in [-0.3, -0.25) is 9.59 Å². The van der Waals surface area contributed by atoms with Gasteiger partial charge in [0.15, 0.2) is 0 Å². The van der Waals surface area contributed by atoms with Crippen molar-refractivity contribution < 1.29 is 14.3 Å². The fraction of sp³-hybridized carbons (Fsp3) is 0.429. The second kappa shape index (κ2) is 10.1. The van der Waals surface area contributed by atoms with Gasteiger partial charge in [-0.2, -0.15) is 0 Å². The van der Waals surface area contributed by atoms with Crippen LogP contribution in [-0.4, -0.2) is 38.6 Å². The van der Waals surface area contributed by atoms with Crippen LogP contribution in [0.25, 0.3) is 0 Å². The van der Waals surface area contributed by atoms with Gasteiger partial charge in [-0.05, 0) is 24.6 Å². The molecule has 118 valence electrons. The molecule has 0 unspecified atom stereocenters. The summed E-state index contributed by atoms with van der Waals surface area (Å²) in [6, 6.07) is 5.46. The molecule has 0 fully saturated rings. The normalized spacial score (nSPS) is 9.67. The van der Waals surface area contributed by atoms with Gasteiger partial charge in [-0.25, -0.2) is 0 Å². The summed E-state index contributed by atoms with van der Waals surface area (Å²) in [5.74, 6) is -0.346. The Morgan fingerprint density at radius 1 is 1.19 bits per heavy atom. The maximum atomic E-state index is 11.8. The number of rotatable bonds is 7. The third-order valence-electron chi connectivity index (χ3n) is 2.53. The number of aryl methyl sites for hydroxylation is 1. The standard InChI is InChI=1S/C14H21N3O3.ClH/c1-10-4-5-12(16-11(2)18)13(8-10)17-14(19)9-15-6-7-20-3;/h4-5,8,15H,6-7,9H2,1-3H3,(H,16,18)(H,17,19);1H. The van der Waals surface area contributed by atoms with Crippen molar-refractivity contribution in [1.82, 2.24) is 5.32 Å². The molecule has 0 atom stereocenters. The van der Waals surface area contributed by atoms with Crippen molar-refractivity contribution >= 4 is 35.6 Å². The van der Waals surface area contributed by atoms with Crippen molar-refractivity contribution in [2.75, 3.05) is 37.4 Å². The number of amides is 2. The SMILES string of the molecule is COCCNCC(=O)Nc1cc(C)ccc1NC(C)=O.Cl. The van der Waals surface area contributed by atoms with Crippen LogP contribution in [0.4, 0.5) is 11.4 Å². The maximum Gasteiger partial charge on any atom is 0.238 e. The van der Waals surface area contributed by atoms with E-state index in [1.165, 1.54) is 6.92 Å². The minimum absolute atomic E-state index is 0. The van der Waals surface area contributed by atoms with Crippen molar-refractivity contribution in [3.63, 3.8) is 0 Å². The summed E-state index contributed by atoms with van der Waals surface area (Å²) >= 11 is 0. The second-order valence-corrected chi connectivity index (χ2v) is 4.45. The third-order valence-corrected chi connectivity index (χ3v) is 2.53. The second-order valence-electron chi connectivity index (χ2n) is 4.45. The number of nitrogens with one attached hydrogen (secondary N) is 3. The molecule has 0 saturated heterocycles. The average molecular weight is 316 g/mol. The number of hydrogen-bond donors (Lipinski definition) is 3. The van der Waals surface area contributed by atoms with Gasteiger partial charge >= 0.3 is 0 Å². The van der Waals surface area contributed by atoms with Crippen LogP contribution in [0.5, 0.6) is 0 Å². The number of carbonyl (C=O) groups is 2. The molecule has 0 aliphatic heterocycles. The molecule has 1 aromatic carbocycles. The van der Waals surface area contributed by atoms with Crippen molar-refractivity contribution in [1.29, 1.82) is 0 Å². The molecule has 21 heavy (non-hydrogen) atoms. The van der Waals surface area contributed by atoms with E-state index >= 15 is 0 Å². The predicted octanol–water partition coefficient (Wildman–Crippen LogP) is 1.55. The van der Waals surface area contributed by atoms with E-state index in [0.29, 0.717) is 24.5 Å². The Balaban J connectivity index is 0.00000400. The summed E-state index contributed by atoms with van der Waals surface area (Å²) in [7, 11) is 1.61. The Bertz CT molecular complexity index is 481. The summed E-state index contributed by atoms with van der Waals surface area (Å²) in [6.07, 6.45) is 0. The van der Waals surface area contributed by atoms with Gasteiger partial charge in [-0.15, -0.1) is 12.4 Å². The molecule has 0 aliphatic carbocycles. The number of halogens is 1. The first kappa shape index (κ1) is 19.4. The van der Waals surface area contributed by atoms with E-state index in [9.17, 15) is 9.59 Å². The molecular weight excluding hydrogens is 294 g/mol. The average Bonchev–Trinajstić information content (AvgIpc) is 2.37. The molecule has 0 aromatic heterocycles. The third kappa shape index (κ3) is 7.65. The summed E-state index contributed by atoms with van der Waals surface area (Å²) in [4.78, 5) is 22.9. The highest BCUT2D eigenvalue weighted by Crippen LogP contribution is 2.22. The lowest BCUT2D eigenvalue weighted by Gasteiger charge is -2.12. The predicted molar refractivity (Wildman–Crippen MR) is 86.1 cm³/mol. The van der Waals surface area contributed by atoms with Crippen molar-refractivity contribution in [2.45, 2.75) is 13.8 Å². The zero-order valence-electron chi connectivity index (χ0n) is 12.5. The topological polar surface area (TPSA) is 79.5 Å². The van der Waals surface area contributed by atoms with E-state index in [2.05, 4.69) is 16.0 Å². The molecule has 0 aliphatic rings. The van der Waals surface area contributed by atoms with Crippen molar-refractivity contribution in [3.05, 3.63) is 23.8 Å². The Labute approximate surface area is 131 Å². The Morgan fingerprint density at radius 2 is 1.90 bits per heavy atom. The zero-order valence-corrected chi connectivity index (χ0v) is 13.3. The van der Waals surface area contributed by atoms with E-state index in [1.54, 1.807) is 13.2 Å². The van der Waals surface area contributed by atoms with Gasteiger partial charge in [0.1, 0.15) is 0 Å². The molecule has 6 nitrogen and oxygen atoms in total. The van der Waals surface area contributed by atoms with Crippen LogP contribution in [0.15, 0.2) is 18.2 Å². The molecule has 0 heterocycles. The number of ether oxygens (including phenoxy) is 1. The van der Waals surface area contributed by atoms with Crippen LogP contribution in [-0.2, 0) is 14.3 Å². The molecule has 1 rings (SSSR count). The first-order valence-electron chi connectivity index (χ1n) is 6.40. The summed E-state index contributed by atoms with van der Waals surface area (Å²) in [5.41, 5.74) is 2.19. The molecular formula is C14H22ClN3O3. The molecule has 0 saturated carbocycles. The zero-order chi connectivity index (χ0) is 15.0.